The summed E-state index contributed by atoms with van der Waals surface area (Å²) in [5.41, 5.74) is 1.68. The van der Waals surface area contributed by atoms with Gasteiger partial charge in [-0.2, -0.15) is 5.10 Å². The van der Waals surface area contributed by atoms with E-state index in [2.05, 4.69) is 42.6 Å². The summed E-state index contributed by atoms with van der Waals surface area (Å²) >= 11 is 2.24. The molecule has 138 valence electrons. The van der Waals surface area contributed by atoms with E-state index in [9.17, 15) is 4.79 Å². The Kier molecular flexibility index (Phi) is 5.06. The fourth-order valence-electron chi connectivity index (χ4n) is 3.09. The predicted molar refractivity (Wildman–Crippen MR) is 111 cm³/mol. The van der Waals surface area contributed by atoms with Gasteiger partial charge < -0.3 is 9.80 Å². The third-order valence-electron chi connectivity index (χ3n) is 4.58. The van der Waals surface area contributed by atoms with Gasteiger partial charge in [0.2, 0.25) is 0 Å². The van der Waals surface area contributed by atoms with E-state index in [-0.39, 0.29) is 5.91 Å². The number of hydrogen-bond acceptors (Lipinski definition) is 5. The van der Waals surface area contributed by atoms with Crippen LogP contribution in [-0.2, 0) is 0 Å². The summed E-state index contributed by atoms with van der Waals surface area (Å²) in [6.45, 7) is 4.77. The first-order chi connectivity index (χ1) is 13.1. The molecular weight excluding hydrogens is 455 g/mol. The van der Waals surface area contributed by atoms with Gasteiger partial charge >= 0.3 is 0 Å². The van der Waals surface area contributed by atoms with E-state index in [0.29, 0.717) is 13.1 Å². The smallest absolute Gasteiger partial charge is 0.253 e. The zero-order valence-corrected chi connectivity index (χ0v) is 17.1. The number of rotatable bonds is 3. The Morgan fingerprint density at radius 1 is 1.00 bits per heavy atom. The van der Waals surface area contributed by atoms with E-state index in [1.807, 2.05) is 54.4 Å². The van der Waals surface area contributed by atoms with Gasteiger partial charge in [-0.3, -0.25) is 4.79 Å². The lowest BCUT2D eigenvalue weighted by Gasteiger charge is -2.35. The Balaban J connectivity index is 1.43. The van der Waals surface area contributed by atoms with Crippen molar-refractivity contribution in [2.45, 2.75) is 6.92 Å². The zero-order chi connectivity index (χ0) is 18.8. The highest BCUT2D eigenvalue weighted by atomic mass is 127. The van der Waals surface area contributed by atoms with Crippen LogP contribution >= 0.6 is 22.6 Å². The molecule has 7 nitrogen and oxygen atoms in total. The Bertz CT molecular complexity index is 947. The first-order valence-electron chi connectivity index (χ1n) is 8.74. The lowest BCUT2D eigenvalue weighted by molar-refractivity contribution is 0.0746. The maximum atomic E-state index is 12.7. The van der Waals surface area contributed by atoms with Crippen LogP contribution in [0.25, 0.3) is 5.82 Å². The van der Waals surface area contributed by atoms with E-state index in [1.54, 1.807) is 11.0 Å². The van der Waals surface area contributed by atoms with Gasteiger partial charge in [-0.1, -0.05) is 0 Å². The van der Waals surface area contributed by atoms with Gasteiger partial charge in [-0.15, -0.1) is 0 Å². The maximum absolute atomic E-state index is 12.7. The molecule has 0 N–H and O–H groups in total. The molecule has 4 rings (SSSR count). The van der Waals surface area contributed by atoms with Gasteiger partial charge in [-0.25, -0.2) is 14.6 Å². The molecule has 0 aliphatic carbocycles. The number of aryl methyl sites for hydroxylation is 1. The van der Waals surface area contributed by atoms with E-state index in [1.165, 1.54) is 0 Å². The Morgan fingerprint density at radius 3 is 2.37 bits per heavy atom. The number of aromatic nitrogens is 4. The number of amides is 1. The number of carbonyl (C=O) groups is 1. The molecular formula is C19H19IN6O. The SMILES string of the molecule is Cc1ccn(-c2cc(N3CCN(C(=O)c4ccc(I)cc4)CC3)ncn2)n1. The number of nitrogens with zero attached hydrogens (tertiary/aromatic N) is 6. The molecule has 0 atom stereocenters. The van der Waals surface area contributed by atoms with Gasteiger partial charge in [-0.05, 0) is 59.8 Å². The first-order valence-corrected chi connectivity index (χ1v) is 9.82. The summed E-state index contributed by atoms with van der Waals surface area (Å²) in [7, 11) is 0. The highest BCUT2D eigenvalue weighted by molar-refractivity contribution is 14.1. The minimum absolute atomic E-state index is 0.0847. The lowest BCUT2D eigenvalue weighted by Crippen LogP contribution is -2.49. The van der Waals surface area contributed by atoms with Crippen molar-refractivity contribution in [3.63, 3.8) is 0 Å². The molecule has 0 bridgehead atoms. The molecule has 3 aromatic rings. The summed E-state index contributed by atoms with van der Waals surface area (Å²) in [5.74, 6) is 1.68. The summed E-state index contributed by atoms with van der Waals surface area (Å²) in [6.07, 6.45) is 3.45. The maximum Gasteiger partial charge on any atom is 0.253 e. The molecule has 1 aromatic carbocycles. The number of halogens is 1. The number of benzene rings is 1. The van der Waals surface area contributed by atoms with E-state index in [4.69, 9.17) is 0 Å². The van der Waals surface area contributed by atoms with Crippen molar-refractivity contribution in [2.75, 3.05) is 31.1 Å². The molecule has 1 amide bonds. The number of anilines is 1. The minimum atomic E-state index is 0.0847. The normalized spacial score (nSPS) is 14.4. The first kappa shape index (κ1) is 17.9. The monoisotopic (exact) mass is 474 g/mol. The molecule has 2 aromatic heterocycles. The molecule has 1 aliphatic rings. The molecule has 0 spiro atoms. The van der Waals surface area contributed by atoms with Crippen LogP contribution in [0.3, 0.4) is 0 Å². The summed E-state index contributed by atoms with van der Waals surface area (Å²) in [4.78, 5) is 25.5. The molecule has 0 radical (unpaired) electrons. The van der Waals surface area contributed by atoms with E-state index in [0.717, 1.165) is 39.6 Å². The molecule has 1 fully saturated rings. The topological polar surface area (TPSA) is 67.2 Å². The number of carbonyl (C=O) groups excluding carboxylic acids is 1. The quantitative estimate of drug-likeness (QED) is 0.546. The average molecular weight is 474 g/mol. The van der Waals surface area contributed by atoms with Crippen molar-refractivity contribution >= 4 is 34.3 Å². The molecule has 8 heteroatoms. The summed E-state index contributed by atoms with van der Waals surface area (Å²) in [6, 6.07) is 11.6. The van der Waals surface area contributed by atoms with E-state index >= 15 is 0 Å². The van der Waals surface area contributed by atoms with Crippen molar-refractivity contribution in [3.05, 3.63) is 63.7 Å². The molecule has 1 saturated heterocycles. The minimum Gasteiger partial charge on any atom is -0.353 e. The van der Waals surface area contributed by atoms with Crippen LogP contribution in [0.1, 0.15) is 16.1 Å². The summed E-state index contributed by atoms with van der Waals surface area (Å²) < 4.78 is 2.87. The molecule has 0 saturated carbocycles. The van der Waals surface area contributed by atoms with Crippen molar-refractivity contribution in [1.82, 2.24) is 24.6 Å². The van der Waals surface area contributed by atoms with E-state index < -0.39 is 0 Å². The van der Waals surface area contributed by atoms with Crippen LogP contribution in [0.5, 0.6) is 0 Å². The highest BCUT2D eigenvalue weighted by Gasteiger charge is 2.23. The Morgan fingerprint density at radius 2 is 1.70 bits per heavy atom. The largest absolute Gasteiger partial charge is 0.353 e. The van der Waals surface area contributed by atoms with Crippen molar-refractivity contribution in [3.8, 4) is 5.82 Å². The van der Waals surface area contributed by atoms with Crippen LogP contribution in [-0.4, -0.2) is 56.7 Å². The predicted octanol–water partition coefficient (Wildman–Crippen LogP) is 2.54. The molecule has 1 aliphatic heterocycles. The average Bonchev–Trinajstić information content (AvgIpc) is 3.15. The second-order valence-corrected chi connectivity index (χ2v) is 7.67. The fourth-order valence-corrected chi connectivity index (χ4v) is 3.45. The van der Waals surface area contributed by atoms with Crippen LogP contribution in [0.4, 0.5) is 5.82 Å². The van der Waals surface area contributed by atoms with Crippen LogP contribution < -0.4 is 4.90 Å². The standard InChI is InChI=1S/C19H19IN6O/c1-14-6-7-26(23-14)18-12-17(21-13-22-18)24-8-10-25(11-9-24)19(27)15-2-4-16(20)5-3-15/h2-7,12-13H,8-11H2,1H3. The van der Waals surface area contributed by atoms with Crippen molar-refractivity contribution < 1.29 is 4.79 Å². The zero-order valence-electron chi connectivity index (χ0n) is 14.9. The second-order valence-electron chi connectivity index (χ2n) is 6.42. The van der Waals surface area contributed by atoms with Crippen LogP contribution in [0.2, 0.25) is 0 Å². The van der Waals surface area contributed by atoms with Gasteiger partial charge in [0.25, 0.3) is 5.91 Å². The highest BCUT2D eigenvalue weighted by Crippen LogP contribution is 2.17. The fraction of sp³-hybridized carbons (Fsp3) is 0.263. The van der Waals surface area contributed by atoms with Crippen LogP contribution in [0.15, 0.2) is 48.9 Å². The number of hydrogen-bond donors (Lipinski definition) is 0. The third kappa shape index (κ3) is 3.95. The Hall–Kier alpha value is -2.49. The van der Waals surface area contributed by atoms with Gasteiger partial charge in [0, 0.05) is 47.6 Å². The lowest BCUT2D eigenvalue weighted by atomic mass is 10.2. The molecule has 3 heterocycles. The van der Waals surface area contributed by atoms with Gasteiger partial charge in [0.05, 0.1) is 5.69 Å². The van der Waals surface area contributed by atoms with Gasteiger partial charge in [0.15, 0.2) is 5.82 Å². The molecule has 27 heavy (non-hydrogen) atoms. The third-order valence-corrected chi connectivity index (χ3v) is 5.30. The van der Waals surface area contributed by atoms with Crippen molar-refractivity contribution in [1.29, 1.82) is 0 Å². The number of piperazine rings is 1. The van der Waals surface area contributed by atoms with Gasteiger partial charge in [0.1, 0.15) is 12.1 Å². The second kappa shape index (κ2) is 7.63. The molecule has 0 unspecified atom stereocenters. The van der Waals surface area contributed by atoms with Crippen LogP contribution in [0, 0.1) is 10.5 Å². The summed E-state index contributed by atoms with van der Waals surface area (Å²) in [5, 5.41) is 4.40. The Labute approximate surface area is 171 Å². The van der Waals surface area contributed by atoms with Crippen molar-refractivity contribution in [2.24, 2.45) is 0 Å².